The fourth-order valence-electron chi connectivity index (χ4n) is 4.43. The molecular formula is C31H30Cl2NNaO4S. The molecule has 4 rings (SSSR count). The number of aliphatic carboxylic acids is 1. The number of carboxylic acid groups (broad SMARTS) is 1. The fourth-order valence-corrected chi connectivity index (χ4v) is 5.96. The van der Waals surface area contributed by atoms with E-state index in [4.69, 9.17) is 27.9 Å². The van der Waals surface area contributed by atoms with Crippen molar-refractivity contribution in [2.45, 2.75) is 50.6 Å². The third-order valence-electron chi connectivity index (χ3n) is 6.36. The number of halogens is 2. The summed E-state index contributed by atoms with van der Waals surface area (Å²) in [6.45, 7) is 3.79. The number of fused-ring (bicyclic) bond motifs is 1. The zero-order valence-electron chi connectivity index (χ0n) is 22.8. The fraction of sp³-hybridized carbons (Fsp3) is 0.290. The van der Waals surface area contributed by atoms with E-state index in [9.17, 15) is 15.0 Å². The van der Waals surface area contributed by atoms with Gasteiger partial charge in [0.15, 0.2) is 0 Å². The van der Waals surface area contributed by atoms with Crippen molar-refractivity contribution >= 4 is 51.8 Å². The summed E-state index contributed by atoms with van der Waals surface area (Å²) in [5.74, 6) is 0.0693. The number of benzene rings is 3. The van der Waals surface area contributed by atoms with Crippen molar-refractivity contribution in [3.63, 3.8) is 0 Å². The molecule has 1 unspecified atom stereocenters. The molecule has 0 fully saturated rings. The average Bonchev–Trinajstić information content (AvgIpc) is 2.89. The summed E-state index contributed by atoms with van der Waals surface area (Å²) in [7, 11) is 0. The molecule has 4 aromatic rings. The van der Waals surface area contributed by atoms with Crippen molar-refractivity contribution in [1.29, 1.82) is 0 Å². The Labute approximate surface area is 271 Å². The van der Waals surface area contributed by atoms with Gasteiger partial charge in [0.05, 0.1) is 16.8 Å². The summed E-state index contributed by atoms with van der Waals surface area (Å²) in [6.07, 6.45) is 1.40. The molecule has 0 saturated heterocycles. The number of ether oxygens (including phenoxy) is 1. The van der Waals surface area contributed by atoms with Crippen LogP contribution in [0, 0.1) is 0 Å². The number of carbonyl (C=O) groups excluding carboxylic acids is 1. The van der Waals surface area contributed by atoms with Gasteiger partial charge >= 0.3 is 29.6 Å². The van der Waals surface area contributed by atoms with Crippen LogP contribution in [-0.4, -0.2) is 21.8 Å². The Balaban J connectivity index is 0.00000441. The van der Waals surface area contributed by atoms with Gasteiger partial charge in [-0.15, -0.1) is 0 Å². The van der Waals surface area contributed by atoms with Crippen LogP contribution < -0.4 is 39.4 Å². The van der Waals surface area contributed by atoms with Crippen molar-refractivity contribution < 1.29 is 49.3 Å². The quantitative estimate of drug-likeness (QED) is 0.247. The minimum absolute atomic E-state index is 0. The van der Waals surface area contributed by atoms with Gasteiger partial charge in [0.1, 0.15) is 12.4 Å². The van der Waals surface area contributed by atoms with E-state index >= 15 is 0 Å². The first-order valence-electron chi connectivity index (χ1n) is 12.7. The van der Waals surface area contributed by atoms with Crippen LogP contribution >= 0.6 is 35.0 Å². The largest absolute Gasteiger partial charge is 1.00 e. The molecule has 0 bridgehead atoms. The molecular weight excluding hydrogens is 576 g/mol. The first-order valence-corrected chi connectivity index (χ1v) is 14.5. The van der Waals surface area contributed by atoms with Crippen LogP contribution in [0.25, 0.3) is 10.9 Å². The van der Waals surface area contributed by atoms with Crippen LogP contribution in [0.2, 0.25) is 10.0 Å². The smallest absolute Gasteiger partial charge is 0.550 e. The number of thioether (sulfide) groups is 1. The van der Waals surface area contributed by atoms with E-state index in [1.165, 1.54) is 0 Å². The third-order valence-corrected chi connectivity index (χ3v) is 8.18. The average molecular weight is 607 g/mol. The molecule has 0 amide bonds. The molecule has 9 heteroatoms. The van der Waals surface area contributed by atoms with Gasteiger partial charge in [0.2, 0.25) is 0 Å². The Bertz CT molecular complexity index is 1460. The minimum atomic E-state index is -1.07. The van der Waals surface area contributed by atoms with Crippen LogP contribution in [-0.2, 0) is 23.4 Å². The molecule has 1 atom stereocenters. The molecule has 0 aliphatic carbocycles. The summed E-state index contributed by atoms with van der Waals surface area (Å²) in [6, 6.07) is 23.0. The van der Waals surface area contributed by atoms with Gasteiger partial charge in [0, 0.05) is 26.7 Å². The van der Waals surface area contributed by atoms with E-state index in [2.05, 4.69) is 4.98 Å². The van der Waals surface area contributed by atoms with Gasteiger partial charge in [-0.2, -0.15) is 11.8 Å². The molecule has 1 N–H and O–H groups in total. The van der Waals surface area contributed by atoms with Gasteiger partial charge in [-0.05, 0) is 98.0 Å². The van der Waals surface area contributed by atoms with E-state index in [0.717, 1.165) is 39.7 Å². The van der Waals surface area contributed by atoms with Gasteiger partial charge in [-0.25, -0.2) is 4.98 Å². The van der Waals surface area contributed by atoms with Gasteiger partial charge < -0.3 is 19.7 Å². The maximum absolute atomic E-state index is 11.1. The standard InChI is InChI=1S/C31H31Cl2NO4S.Na/c1-31(2,37)27-17-23(32)10-6-20(27)9-13-29(39-15-14-30(35)36)22-4-3-5-26(16-22)38-19-25-12-8-21-7-11-24(33)18-28(21)34-25;/h3-8,10-12,16-18,29,37H,9,13-15,19H2,1-2H3,(H,35,36);/q;+1/p-1. The SMILES string of the molecule is CC(C)(O)c1cc(Cl)ccc1CCC(SCCC(=O)[O-])c1cccc(OCc2ccc3ccc(Cl)cc3n2)c1.[Na+]. The number of carbonyl (C=O) groups is 1. The van der Waals surface area contributed by atoms with Crippen LogP contribution in [0.3, 0.4) is 0 Å². The summed E-state index contributed by atoms with van der Waals surface area (Å²) < 4.78 is 6.09. The van der Waals surface area contributed by atoms with Crippen molar-refractivity contribution in [2.24, 2.45) is 0 Å². The Morgan fingerprint density at radius 1 is 1.05 bits per heavy atom. The van der Waals surface area contributed by atoms with E-state index in [1.807, 2.05) is 66.7 Å². The molecule has 204 valence electrons. The number of rotatable bonds is 12. The number of aliphatic hydroxyl groups is 1. The number of aromatic nitrogens is 1. The van der Waals surface area contributed by atoms with E-state index in [0.29, 0.717) is 34.6 Å². The second-order valence-electron chi connectivity index (χ2n) is 9.88. The number of aryl methyl sites for hydroxylation is 1. The summed E-state index contributed by atoms with van der Waals surface area (Å²) in [5.41, 5.74) is 3.40. The number of hydrogen-bond acceptors (Lipinski definition) is 6. The Morgan fingerprint density at radius 3 is 2.52 bits per heavy atom. The Hall–Kier alpha value is -1.77. The Kier molecular flexibility index (Phi) is 12.2. The first kappa shape index (κ1) is 32.7. The molecule has 5 nitrogen and oxygen atoms in total. The molecule has 0 spiro atoms. The maximum atomic E-state index is 11.1. The van der Waals surface area contributed by atoms with Crippen molar-refractivity contribution in [2.75, 3.05) is 5.75 Å². The third kappa shape index (κ3) is 9.38. The van der Waals surface area contributed by atoms with Gasteiger partial charge in [-0.1, -0.05) is 53.5 Å². The number of hydrogen-bond donors (Lipinski definition) is 1. The van der Waals surface area contributed by atoms with E-state index in [-0.39, 0.29) is 41.2 Å². The van der Waals surface area contributed by atoms with Crippen LogP contribution in [0.5, 0.6) is 5.75 Å². The van der Waals surface area contributed by atoms with E-state index in [1.54, 1.807) is 31.7 Å². The van der Waals surface area contributed by atoms with Crippen molar-refractivity contribution in [3.8, 4) is 5.75 Å². The summed E-state index contributed by atoms with van der Waals surface area (Å²) >= 11 is 13.9. The van der Waals surface area contributed by atoms with E-state index < -0.39 is 11.6 Å². The second kappa shape index (κ2) is 14.9. The summed E-state index contributed by atoms with van der Waals surface area (Å²) in [4.78, 5) is 15.7. The van der Waals surface area contributed by atoms with Crippen molar-refractivity contribution in [1.82, 2.24) is 4.98 Å². The van der Waals surface area contributed by atoms with Crippen LogP contribution in [0.4, 0.5) is 0 Å². The monoisotopic (exact) mass is 605 g/mol. The van der Waals surface area contributed by atoms with Crippen LogP contribution in [0.15, 0.2) is 72.8 Å². The molecule has 1 heterocycles. The first-order chi connectivity index (χ1) is 18.6. The molecule has 40 heavy (non-hydrogen) atoms. The predicted molar refractivity (Wildman–Crippen MR) is 157 cm³/mol. The predicted octanol–water partition coefficient (Wildman–Crippen LogP) is 3.90. The molecule has 0 radical (unpaired) electrons. The van der Waals surface area contributed by atoms with Crippen molar-refractivity contribution in [3.05, 3.63) is 105 Å². The zero-order valence-corrected chi connectivity index (χ0v) is 27.2. The normalized spacial score (nSPS) is 12.1. The van der Waals surface area contributed by atoms with Crippen LogP contribution in [0.1, 0.15) is 54.3 Å². The maximum Gasteiger partial charge on any atom is 1.00 e. The molecule has 1 aromatic heterocycles. The van der Waals surface area contributed by atoms with Gasteiger partial charge in [0.25, 0.3) is 0 Å². The number of carboxylic acids is 1. The van der Waals surface area contributed by atoms with Gasteiger partial charge in [-0.3, -0.25) is 0 Å². The molecule has 0 saturated carbocycles. The molecule has 0 aliphatic heterocycles. The molecule has 3 aromatic carbocycles. The zero-order chi connectivity index (χ0) is 28.0. The Morgan fingerprint density at radius 2 is 1.77 bits per heavy atom. The second-order valence-corrected chi connectivity index (χ2v) is 12.1. The minimum Gasteiger partial charge on any atom is -0.550 e. The number of pyridine rings is 1. The number of nitrogens with zero attached hydrogens (tertiary/aromatic N) is 1. The molecule has 0 aliphatic rings. The topological polar surface area (TPSA) is 82.5 Å². The summed E-state index contributed by atoms with van der Waals surface area (Å²) in [5, 5.41) is 24.0.